The second-order valence-corrected chi connectivity index (χ2v) is 22.5. The van der Waals surface area contributed by atoms with E-state index < -0.39 is 18.4 Å². The molecular formula is C29H47NOSn. The molecule has 0 radical (unpaired) electrons. The Balaban J connectivity index is 2.19. The van der Waals surface area contributed by atoms with Gasteiger partial charge in [0.05, 0.1) is 0 Å². The summed E-state index contributed by atoms with van der Waals surface area (Å²) in [4.78, 5) is 5.05. The molecule has 178 valence electrons. The van der Waals surface area contributed by atoms with Crippen LogP contribution in [0.2, 0.25) is 13.3 Å². The number of aromatic nitrogens is 1. The Bertz CT molecular complexity index is 721. The second-order valence-electron chi connectivity index (χ2n) is 9.45. The molecule has 0 unspecified atom stereocenters. The molecule has 0 aliphatic rings. The molecule has 1 heterocycles. The van der Waals surface area contributed by atoms with Gasteiger partial charge in [-0.05, 0) is 0 Å². The quantitative estimate of drug-likeness (QED) is 0.147. The van der Waals surface area contributed by atoms with E-state index in [1.807, 2.05) is 0 Å². The van der Waals surface area contributed by atoms with E-state index in [9.17, 15) is 0 Å². The Kier molecular flexibility index (Phi) is 13.4. The first-order valence-electron chi connectivity index (χ1n) is 13.4. The molecule has 0 fully saturated rings. The molecule has 0 atom stereocenters. The summed E-state index contributed by atoms with van der Waals surface area (Å²) in [6.07, 6.45) is 15.1. The van der Waals surface area contributed by atoms with Crippen molar-refractivity contribution in [2.45, 2.75) is 105 Å². The molecule has 0 spiro atoms. The van der Waals surface area contributed by atoms with E-state index in [2.05, 4.69) is 70.3 Å². The van der Waals surface area contributed by atoms with Crippen LogP contribution in [0.5, 0.6) is 5.75 Å². The monoisotopic (exact) mass is 545 g/mol. The SMILES string of the molecule is CCCCCCOc1ccc(-c2ccn[c]([Sn]([CH2]CCC)([CH2]CCC)[CH2]CCC)c2)cc1. The Morgan fingerprint density at radius 1 is 0.656 bits per heavy atom. The molecule has 2 aromatic rings. The average molecular weight is 544 g/mol. The fraction of sp³-hybridized carbons (Fsp3) is 0.621. The van der Waals surface area contributed by atoms with Crippen molar-refractivity contribution in [2.24, 2.45) is 0 Å². The molecule has 0 amide bonds. The van der Waals surface area contributed by atoms with Crippen molar-refractivity contribution < 1.29 is 4.74 Å². The van der Waals surface area contributed by atoms with Gasteiger partial charge in [-0.3, -0.25) is 0 Å². The normalized spacial score (nSPS) is 11.6. The van der Waals surface area contributed by atoms with E-state index in [4.69, 9.17) is 9.72 Å². The third-order valence-electron chi connectivity index (χ3n) is 6.78. The zero-order valence-corrected chi connectivity index (χ0v) is 24.2. The van der Waals surface area contributed by atoms with Gasteiger partial charge in [0.25, 0.3) is 0 Å². The van der Waals surface area contributed by atoms with Crippen molar-refractivity contribution in [1.29, 1.82) is 0 Å². The summed E-state index contributed by atoms with van der Waals surface area (Å²) in [5.41, 5.74) is 2.61. The van der Waals surface area contributed by atoms with E-state index in [1.165, 1.54) is 85.9 Å². The van der Waals surface area contributed by atoms with Crippen molar-refractivity contribution in [3.63, 3.8) is 0 Å². The van der Waals surface area contributed by atoms with Crippen LogP contribution >= 0.6 is 0 Å². The second kappa shape index (κ2) is 15.7. The van der Waals surface area contributed by atoms with E-state index in [1.54, 1.807) is 0 Å². The van der Waals surface area contributed by atoms with Crippen LogP contribution in [0, 0.1) is 0 Å². The number of pyridine rings is 1. The molecule has 3 heteroatoms. The molecule has 2 nitrogen and oxygen atoms in total. The van der Waals surface area contributed by atoms with Gasteiger partial charge in [-0.25, -0.2) is 0 Å². The topological polar surface area (TPSA) is 22.1 Å². The van der Waals surface area contributed by atoms with Gasteiger partial charge in [-0.15, -0.1) is 0 Å². The van der Waals surface area contributed by atoms with Crippen LogP contribution in [-0.2, 0) is 0 Å². The number of hydrogen-bond acceptors (Lipinski definition) is 2. The molecule has 0 saturated heterocycles. The Labute approximate surface area is 202 Å². The predicted octanol–water partition coefficient (Wildman–Crippen LogP) is 8.76. The van der Waals surface area contributed by atoms with Crippen LogP contribution in [0.1, 0.15) is 91.9 Å². The zero-order valence-electron chi connectivity index (χ0n) is 21.3. The average Bonchev–Trinajstić information content (AvgIpc) is 2.84. The fourth-order valence-corrected chi connectivity index (χ4v) is 20.1. The minimum atomic E-state index is -2.49. The molecule has 0 saturated carbocycles. The number of ether oxygens (including phenoxy) is 1. The van der Waals surface area contributed by atoms with Crippen molar-refractivity contribution in [3.8, 4) is 16.9 Å². The third-order valence-corrected chi connectivity index (χ3v) is 21.9. The van der Waals surface area contributed by atoms with Gasteiger partial charge in [0.1, 0.15) is 0 Å². The summed E-state index contributed by atoms with van der Waals surface area (Å²) in [6, 6.07) is 13.4. The maximum absolute atomic E-state index is 5.95. The first-order valence-corrected chi connectivity index (χ1v) is 20.9. The summed E-state index contributed by atoms with van der Waals surface area (Å²) >= 11 is -2.49. The van der Waals surface area contributed by atoms with Crippen molar-refractivity contribution >= 4 is 22.1 Å². The maximum atomic E-state index is 5.95. The van der Waals surface area contributed by atoms with Crippen LogP contribution in [0.3, 0.4) is 0 Å². The van der Waals surface area contributed by atoms with Gasteiger partial charge >= 0.3 is 190 Å². The summed E-state index contributed by atoms with van der Waals surface area (Å²) in [5, 5.41) is 0. The van der Waals surface area contributed by atoms with Crippen LogP contribution in [0.25, 0.3) is 11.1 Å². The van der Waals surface area contributed by atoms with E-state index in [0.29, 0.717) is 0 Å². The van der Waals surface area contributed by atoms with E-state index >= 15 is 0 Å². The van der Waals surface area contributed by atoms with Gasteiger partial charge in [-0.2, -0.15) is 0 Å². The summed E-state index contributed by atoms with van der Waals surface area (Å²) < 4.78 is 11.9. The molecule has 1 aromatic carbocycles. The molecule has 32 heavy (non-hydrogen) atoms. The number of hydrogen-bond donors (Lipinski definition) is 0. The molecule has 0 aliphatic heterocycles. The zero-order chi connectivity index (χ0) is 23.1. The van der Waals surface area contributed by atoms with Gasteiger partial charge < -0.3 is 0 Å². The summed E-state index contributed by atoms with van der Waals surface area (Å²) in [5.74, 6) is 0.988. The molecule has 2 rings (SSSR count). The van der Waals surface area contributed by atoms with Gasteiger partial charge in [0, 0.05) is 0 Å². The predicted molar refractivity (Wildman–Crippen MR) is 144 cm³/mol. The van der Waals surface area contributed by atoms with Crippen molar-refractivity contribution in [1.82, 2.24) is 4.98 Å². The van der Waals surface area contributed by atoms with Crippen LogP contribution < -0.4 is 8.45 Å². The minimum absolute atomic E-state index is 0.821. The van der Waals surface area contributed by atoms with Gasteiger partial charge in [0.2, 0.25) is 0 Å². The van der Waals surface area contributed by atoms with Crippen LogP contribution in [0.4, 0.5) is 0 Å². The van der Waals surface area contributed by atoms with Crippen molar-refractivity contribution in [2.75, 3.05) is 6.61 Å². The Morgan fingerprint density at radius 3 is 1.81 bits per heavy atom. The van der Waals surface area contributed by atoms with E-state index in [0.717, 1.165) is 18.8 Å². The first-order chi connectivity index (χ1) is 15.7. The van der Waals surface area contributed by atoms with E-state index in [-0.39, 0.29) is 0 Å². The fourth-order valence-electron chi connectivity index (χ4n) is 4.67. The number of nitrogens with zero attached hydrogens (tertiary/aromatic N) is 1. The number of benzene rings is 1. The standard InChI is InChI=1S/C17H20NO.3C4H9.Sn/c1-2-3-4-5-14-19-17-8-6-15(7-9-17)16-10-12-18-13-11-16;3*1-3-4-2;/h6-12H,2-5,14H2,1H3;3*1,3-4H2,2H3;. The number of rotatable bonds is 17. The Hall–Kier alpha value is -1.03. The molecule has 0 N–H and O–H groups in total. The summed E-state index contributed by atoms with van der Waals surface area (Å²) in [6.45, 7) is 10.1. The number of unbranched alkanes of at least 4 members (excludes halogenated alkanes) is 6. The van der Waals surface area contributed by atoms with Gasteiger partial charge in [-0.1, -0.05) is 13.3 Å². The van der Waals surface area contributed by atoms with Crippen LogP contribution in [0.15, 0.2) is 42.6 Å². The van der Waals surface area contributed by atoms with Crippen LogP contribution in [-0.4, -0.2) is 30.0 Å². The summed E-state index contributed by atoms with van der Waals surface area (Å²) in [7, 11) is 0. The molecule has 0 aliphatic carbocycles. The van der Waals surface area contributed by atoms with Gasteiger partial charge in [0.15, 0.2) is 0 Å². The Morgan fingerprint density at radius 2 is 1.25 bits per heavy atom. The van der Waals surface area contributed by atoms with Crippen molar-refractivity contribution in [3.05, 3.63) is 42.6 Å². The first kappa shape index (κ1) is 27.2. The molecule has 0 bridgehead atoms. The third kappa shape index (κ3) is 8.72. The molecular weight excluding hydrogens is 497 g/mol. The molecule has 1 aromatic heterocycles.